The SMILES string of the molecule is CC/C=C\C/C=C\C/C=C\C/C=C\C/C=C\CCCCCC(=O)OCC(COC(=O)CCCCCCC/C=C\CCCCCCCCC)OC(=O)CCCCCCCC/C=C\C/C=C\C/C=C\CCCCC. The van der Waals surface area contributed by atoms with Crippen molar-refractivity contribution in [3.8, 4) is 0 Å². The molecule has 0 aliphatic heterocycles. The van der Waals surface area contributed by atoms with Crippen LogP contribution in [0.5, 0.6) is 0 Å². The lowest BCUT2D eigenvalue weighted by Gasteiger charge is -2.18. The fourth-order valence-electron chi connectivity index (χ4n) is 8.00. The van der Waals surface area contributed by atoms with Crippen LogP contribution in [0.15, 0.2) is 109 Å². The first-order valence-corrected chi connectivity index (χ1v) is 29.9. The van der Waals surface area contributed by atoms with Gasteiger partial charge in [-0.1, -0.05) is 233 Å². The van der Waals surface area contributed by atoms with Gasteiger partial charge in [0.25, 0.3) is 0 Å². The first-order valence-electron chi connectivity index (χ1n) is 29.9. The Balaban J connectivity index is 4.50. The maximum absolute atomic E-state index is 12.9. The zero-order valence-corrected chi connectivity index (χ0v) is 46.9. The summed E-state index contributed by atoms with van der Waals surface area (Å²) in [7, 11) is 0. The molecule has 0 aromatic rings. The van der Waals surface area contributed by atoms with E-state index >= 15 is 0 Å². The highest BCUT2D eigenvalue weighted by atomic mass is 16.6. The van der Waals surface area contributed by atoms with E-state index < -0.39 is 6.10 Å². The number of esters is 3. The molecular formula is C66H110O6. The summed E-state index contributed by atoms with van der Waals surface area (Å²) in [6, 6.07) is 0. The quantitative estimate of drug-likeness (QED) is 0.0261. The van der Waals surface area contributed by atoms with Gasteiger partial charge in [0.2, 0.25) is 0 Å². The van der Waals surface area contributed by atoms with Gasteiger partial charge in [0.15, 0.2) is 6.10 Å². The van der Waals surface area contributed by atoms with Crippen molar-refractivity contribution >= 4 is 17.9 Å². The third-order valence-corrected chi connectivity index (χ3v) is 12.5. The average molecular weight is 1000 g/mol. The molecule has 1 unspecified atom stereocenters. The molecule has 0 N–H and O–H groups in total. The van der Waals surface area contributed by atoms with Crippen molar-refractivity contribution in [3.05, 3.63) is 109 Å². The number of rotatable bonds is 53. The van der Waals surface area contributed by atoms with Crippen molar-refractivity contribution in [2.75, 3.05) is 13.2 Å². The number of carbonyl (C=O) groups is 3. The minimum Gasteiger partial charge on any atom is -0.462 e. The summed E-state index contributed by atoms with van der Waals surface area (Å²) in [5.41, 5.74) is 0. The Hall–Kier alpha value is -3.93. The van der Waals surface area contributed by atoms with Gasteiger partial charge in [-0.3, -0.25) is 14.4 Å². The van der Waals surface area contributed by atoms with Crippen molar-refractivity contribution in [1.29, 1.82) is 0 Å². The van der Waals surface area contributed by atoms with E-state index in [0.717, 1.165) is 128 Å². The van der Waals surface area contributed by atoms with Crippen LogP contribution in [0.2, 0.25) is 0 Å². The molecule has 0 aromatic heterocycles. The summed E-state index contributed by atoms with van der Waals surface area (Å²) in [6.07, 6.45) is 80.7. The lowest BCUT2D eigenvalue weighted by atomic mass is 10.1. The fraction of sp³-hybridized carbons (Fsp3) is 0.682. The van der Waals surface area contributed by atoms with Crippen LogP contribution in [-0.2, 0) is 28.6 Å². The minimum absolute atomic E-state index is 0.0996. The molecule has 0 saturated carbocycles. The second-order valence-electron chi connectivity index (χ2n) is 19.5. The van der Waals surface area contributed by atoms with Crippen LogP contribution in [0.25, 0.3) is 0 Å². The zero-order chi connectivity index (χ0) is 52.2. The molecule has 0 amide bonds. The van der Waals surface area contributed by atoms with Gasteiger partial charge in [-0.25, -0.2) is 0 Å². The van der Waals surface area contributed by atoms with Gasteiger partial charge < -0.3 is 14.2 Å². The van der Waals surface area contributed by atoms with Crippen LogP contribution in [0, 0.1) is 0 Å². The van der Waals surface area contributed by atoms with Crippen molar-refractivity contribution in [2.24, 2.45) is 0 Å². The van der Waals surface area contributed by atoms with E-state index in [4.69, 9.17) is 14.2 Å². The van der Waals surface area contributed by atoms with Gasteiger partial charge in [-0.15, -0.1) is 0 Å². The molecule has 6 heteroatoms. The second-order valence-corrected chi connectivity index (χ2v) is 19.5. The number of hydrogen-bond acceptors (Lipinski definition) is 6. The first-order chi connectivity index (χ1) is 35.5. The Labute approximate surface area is 444 Å². The predicted molar refractivity (Wildman–Crippen MR) is 311 cm³/mol. The highest BCUT2D eigenvalue weighted by molar-refractivity contribution is 5.71. The van der Waals surface area contributed by atoms with E-state index in [1.807, 2.05) is 0 Å². The van der Waals surface area contributed by atoms with E-state index in [0.29, 0.717) is 19.3 Å². The first kappa shape index (κ1) is 68.1. The van der Waals surface area contributed by atoms with Crippen LogP contribution in [0.4, 0.5) is 0 Å². The van der Waals surface area contributed by atoms with Gasteiger partial charge in [0.1, 0.15) is 13.2 Å². The molecule has 1 atom stereocenters. The largest absolute Gasteiger partial charge is 0.462 e. The molecule has 6 nitrogen and oxygen atoms in total. The molecule has 0 spiro atoms. The van der Waals surface area contributed by atoms with Crippen LogP contribution >= 0.6 is 0 Å². The maximum Gasteiger partial charge on any atom is 0.306 e. The van der Waals surface area contributed by atoms with Crippen molar-refractivity contribution < 1.29 is 28.6 Å². The van der Waals surface area contributed by atoms with Crippen LogP contribution in [-0.4, -0.2) is 37.2 Å². The molecule has 0 aliphatic rings. The zero-order valence-electron chi connectivity index (χ0n) is 46.9. The number of ether oxygens (including phenoxy) is 3. The Morgan fingerprint density at radius 3 is 0.903 bits per heavy atom. The van der Waals surface area contributed by atoms with E-state index in [1.54, 1.807) is 0 Å². The molecule has 0 rings (SSSR count). The Kier molecular flexibility index (Phi) is 56.4. The maximum atomic E-state index is 12.9. The summed E-state index contributed by atoms with van der Waals surface area (Å²) < 4.78 is 16.9. The molecule has 0 aromatic carbocycles. The van der Waals surface area contributed by atoms with Crippen molar-refractivity contribution in [2.45, 2.75) is 277 Å². The molecule has 0 radical (unpaired) electrons. The van der Waals surface area contributed by atoms with Gasteiger partial charge in [0.05, 0.1) is 0 Å². The third kappa shape index (κ3) is 57.0. The highest BCUT2D eigenvalue weighted by Gasteiger charge is 2.19. The van der Waals surface area contributed by atoms with E-state index in [-0.39, 0.29) is 31.1 Å². The molecule has 0 aliphatic carbocycles. The van der Waals surface area contributed by atoms with Gasteiger partial charge in [0, 0.05) is 19.3 Å². The Morgan fingerprint density at radius 2 is 0.542 bits per heavy atom. The number of unbranched alkanes of at least 4 members (excludes halogenated alkanes) is 24. The molecular weight excluding hydrogens is 889 g/mol. The summed E-state index contributed by atoms with van der Waals surface area (Å²) in [5, 5.41) is 0. The molecule has 0 bridgehead atoms. The summed E-state index contributed by atoms with van der Waals surface area (Å²) in [4.78, 5) is 38.2. The number of hydrogen-bond donors (Lipinski definition) is 0. The van der Waals surface area contributed by atoms with E-state index in [2.05, 4.69) is 130 Å². The van der Waals surface area contributed by atoms with Gasteiger partial charge >= 0.3 is 17.9 Å². The van der Waals surface area contributed by atoms with E-state index in [9.17, 15) is 14.4 Å². The second kappa shape index (κ2) is 59.6. The fourth-order valence-corrected chi connectivity index (χ4v) is 8.00. The van der Waals surface area contributed by atoms with Crippen molar-refractivity contribution in [3.63, 3.8) is 0 Å². The summed E-state index contributed by atoms with van der Waals surface area (Å²) >= 11 is 0. The number of allylic oxidation sites excluding steroid dienone is 18. The average Bonchev–Trinajstić information content (AvgIpc) is 3.38. The van der Waals surface area contributed by atoms with Crippen LogP contribution in [0.1, 0.15) is 271 Å². The molecule has 72 heavy (non-hydrogen) atoms. The van der Waals surface area contributed by atoms with Crippen molar-refractivity contribution in [1.82, 2.24) is 0 Å². The minimum atomic E-state index is -0.805. The lowest BCUT2D eigenvalue weighted by Crippen LogP contribution is -2.30. The summed E-state index contributed by atoms with van der Waals surface area (Å²) in [6.45, 7) is 6.46. The molecule has 0 fully saturated rings. The summed E-state index contributed by atoms with van der Waals surface area (Å²) in [5.74, 6) is -0.950. The monoisotopic (exact) mass is 999 g/mol. The topological polar surface area (TPSA) is 78.9 Å². The third-order valence-electron chi connectivity index (χ3n) is 12.5. The molecule has 0 saturated heterocycles. The Morgan fingerprint density at radius 1 is 0.292 bits per heavy atom. The number of carbonyl (C=O) groups excluding carboxylic acids is 3. The van der Waals surface area contributed by atoms with Crippen LogP contribution < -0.4 is 0 Å². The molecule has 410 valence electrons. The normalized spacial score (nSPS) is 12.9. The van der Waals surface area contributed by atoms with Gasteiger partial charge in [-0.2, -0.15) is 0 Å². The lowest BCUT2D eigenvalue weighted by molar-refractivity contribution is -0.167. The smallest absolute Gasteiger partial charge is 0.306 e. The van der Waals surface area contributed by atoms with Gasteiger partial charge in [-0.05, 0) is 128 Å². The highest BCUT2D eigenvalue weighted by Crippen LogP contribution is 2.14. The standard InChI is InChI=1S/C66H110O6/c1-4-7-10-13-16-19-22-25-28-31-33-35-38-41-44-47-50-53-56-59-65(68)71-62-63(61-70-64(67)58-55-52-49-46-43-40-37-30-27-24-21-18-15-12-9-6-3)72-66(69)60-57-54-51-48-45-42-39-36-34-32-29-26-23-20-17-14-11-8-5-2/h7,10,16-17,19-20,25-26,28-30,33-37,41,44,63H,4-6,8-9,11-15,18,21-24,27,31-32,38-40,42-43,45-62H2,1-3H3/b10-7-,19-16-,20-17-,28-25-,29-26-,35-33-,36-34-,37-30-,44-41-. The molecule has 0 heterocycles. The Bertz CT molecular complexity index is 1470. The van der Waals surface area contributed by atoms with E-state index in [1.165, 1.54) is 103 Å². The van der Waals surface area contributed by atoms with Crippen LogP contribution in [0.3, 0.4) is 0 Å². The predicted octanol–water partition coefficient (Wildman–Crippen LogP) is 20.3.